The highest BCUT2D eigenvalue weighted by Crippen LogP contribution is 2.35. The van der Waals surface area contributed by atoms with E-state index in [4.69, 9.17) is 0 Å². The fourth-order valence-electron chi connectivity index (χ4n) is 2.45. The standard InChI is InChI=1S/C12H18/c1-2-10-7-8-11-5-3-4-6-12(11)9-10/h7-9,11-12H,2-6H2,1H3. The third-order valence-electron chi connectivity index (χ3n) is 3.27. The van der Waals surface area contributed by atoms with E-state index < -0.39 is 0 Å². The van der Waals surface area contributed by atoms with Gasteiger partial charge in [0, 0.05) is 0 Å². The molecule has 0 nitrogen and oxygen atoms in total. The van der Waals surface area contributed by atoms with Crippen LogP contribution >= 0.6 is 0 Å². The Kier molecular flexibility index (Phi) is 2.34. The average molecular weight is 162 g/mol. The summed E-state index contributed by atoms with van der Waals surface area (Å²) >= 11 is 0. The molecular formula is C12H18. The van der Waals surface area contributed by atoms with E-state index in [0.717, 1.165) is 11.8 Å². The summed E-state index contributed by atoms with van der Waals surface area (Å²) in [6, 6.07) is 0. The van der Waals surface area contributed by atoms with E-state index in [1.54, 1.807) is 5.57 Å². The van der Waals surface area contributed by atoms with Crippen LogP contribution in [0.15, 0.2) is 23.8 Å². The van der Waals surface area contributed by atoms with Gasteiger partial charge in [0.2, 0.25) is 0 Å². The van der Waals surface area contributed by atoms with Crippen LogP contribution in [0, 0.1) is 11.8 Å². The van der Waals surface area contributed by atoms with Crippen LogP contribution in [0.5, 0.6) is 0 Å². The quantitative estimate of drug-likeness (QED) is 0.551. The zero-order valence-corrected chi connectivity index (χ0v) is 7.92. The Morgan fingerprint density at radius 2 is 2.00 bits per heavy atom. The van der Waals surface area contributed by atoms with E-state index in [2.05, 4.69) is 25.2 Å². The Morgan fingerprint density at radius 1 is 1.25 bits per heavy atom. The van der Waals surface area contributed by atoms with Crippen molar-refractivity contribution in [1.29, 1.82) is 0 Å². The van der Waals surface area contributed by atoms with Gasteiger partial charge < -0.3 is 0 Å². The van der Waals surface area contributed by atoms with Crippen molar-refractivity contribution < 1.29 is 0 Å². The van der Waals surface area contributed by atoms with Gasteiger partial charge in [-0.2, -0.15) is 0 Å². The van der Waals surface area contributed by atoms with Crippen molar-refractivity contribution in [2.75, 3.05) is 0 Å². The van der Waals surface area contributed by atoms with Crippen LogP contribution < -0.4 is 0 Å². The predicted molar refractivity (Wildman–Crippen MR) is 53.0 cm³/mol. The van der Waals surface area contributed by atoms with Crippen molar-refractivity contribution in [1.82, 2.24) is 0 Å². The minimum Gasteiger partial charge on any atom is -0.0806 e. The summed E-state index contributed by atoms with van der Waals surface area (Å²) in [5.74, 6) is 1.77. The molecule has 66 valence electrons. The van der Waals surface area contributed by atoms with E-state index in [9.17, 15) is 0 Å². The number of allylic oxidation sites excluding steroid dienone is 4. The van der Waals surface area contributed by atoms with Crippen molar-refractivity contribution in [3.05, 3.63) is 23.8 Å². The molecule has 2 rings (SSSR count). The maximum absolute atomic E-state index is 2.52. The maximum atomic E-state index is 2.52. The number of hydrogen-bond acceptors (Lipinski definition) is 0. The lowest BCUT2D eigenvalue weighted by atomic mass is 9.75. The summed E-state index contributed by atoms with van der Waals surface area (Å²) in [4.78, 5) is 0. The van der Waals surface area contributed by atoms with Crippen LogP contribution in [0.25, 0.3) is 0 Å². The molecule has 2 unspecified atom stereocenters. The smallest absolute Gasteiger partial charge is 0.0165 e. The first kappa shape index (κ1) is 8.10. The Morgan fingerprint density at radius 3 is 2.75 bits per heavy atom. The third kappa shape index (κ3) is 1.48. The third-order valence-corrected chi connectivity index (χ3v) is 3.27. The van der Waals surface area contributed by atoms with Gasteiger partial charge in [0.05, 0.1) is 0 Å². The van der Waals surface area contributed by atoms with Gasteiger partial charge >= 0.3 is 0 Å². The van der Waals surface area contributed by atoms with Crippen molar-refractivity contribution in [3.8, 4) is 0 Å². The number of hydrogen-bond donors (Lipinski definition) is 0. The predicted octanol–water partition coefficient (Wildman–Crippen LogP) is 3.70. The first-order valence-corrected chi connectivity index (χ1v) is 5.29. The Balaban J connectivity index is 2.09. The molecular weight excluding hydrogens is 144 g/mol. The first-order valence-electron chi connectivity index (χ1n) is 5.29. The van der Waals surface area contributed by atoms with Gasteiger partial charge in [-0.3, -0.25) is 0 Å². The normalized spacial score (nSPS) is 34.2. The summed E-state index contributed by atoms with van der Waals surface area (Å²) in [5.41, 5.74) is 1.55. The van der Waals surface area contributed by atoms with Crippen LogP contribution in [0.3, 0.4) is 0 Å². The highest BCUT2D eigenvalue weighted by Gasteiger charge is 2.23. The molecule has 0 heteroatoms. The summed E-state index contributed by atoms with van der Waals surface area (Å²) in [5, 5.41) is 0. The summed E-state index contributed by atoms with van der Waals surface area (Å²) in [6.07, 6.45) is 14.3. The fourth-order valence-corrected chi connectivity index (χ4v) is 2.45. The second kappa shape index (κ2) is 3.47. The van der Waals surface area contributed by atoms with Gasteiger partial charge in [0.1, 0.15) is 0 Å². The molecule has 0 radical (unpaired) electrons. The molecule has 0 spiro atoms. The number of fused-ring (bicyclic) bond motifs is 1. The monoisotopic (exact) mass is 162 g/mol. The fraction of sp³-hybridized carbons (Fsp3) is 0.667. The van der Waals surface area contributed by atoms with Crippen molar-refractivity contribution >= 4 is 0 Å². The van der Waals surface area contributed by atoms with E-state index in [0.29, 0.717) is 0 Å². The molecule has 0 aliphatic heterocycles. The van der Waals surface area contributed by atoms with Gasteiger partial charge in [-0.15, -0.1) is 0 Å². The van der Waals surface area contributed by atoms with Gasteiger partial charge in [-0.05, 0) is 31.1 Å². The Hall–Kier alpha value is -0.520. The molecule has 2 aliphatic carbocycles. The molecule has 1 fully saturated rings. The minimum atomic E-state index is 0.883. The first-order chi connectivity index (χ1) is 5.90. The van der Waals surface area contributed by atoms with E-state index in [1.165, 1.54) is 32.1 Å². The van der Waals surface area contributed by atoms with Gasteiger partial charge in [0.25, 0.3) is 0 Å². The lowest BCUT2D eigenvalue weighted by Crippen LogP contribution is -2.18. The topological polar surface area (TPSA) is 0 Å². The molecule has 0 aromatic heterocycles. The van der Waals surface area contributed by atoms with Crippen molar-refractivity contribution in [2.45, 2.75) is 39.0 Å². The molecule has 0 bridgehead atoms. The molecule has 2 atom stereocenters. The summed E-state index contributed by atoms with van der Waals surface area (Å²) in [6.45, 7) is 2.25. The number of rotatable bonds is 1. The van der Waals surface area contributed by atoms with Crippen LogP contribution in [0.4, 0.5) is 0 Å². The van der Waals surface area contributed by atoms with E-state index >= 15 is 0 Å². The highest BCUT2D eigenvalue weighted by molar-refractivity contribution is 5.25. The minimum absolute atomic E-state index is 0.883. The van der Waals surface area contributed by atoms with Crippen LogP contribution in [0.1, 0.15) is 39.0 Å². The van der Waals surface area contributed by atoms with Gasteiger partial charge in [-0.25, -0.2) is 0 Å². The Labute approximate surface area is 75.4 Å². The van der Waals surface area contributed by atoms with Gasteiger partial charge in [-0.1, -0.05) is 43.6 Å². The molecule has 0 aromatic carbocycles. The van der Waals surface area contributed by atoms with Crippen LogP contribution in [0.2, 0.25) is 0 Å². The lowest BCUT2D eigenvalue weighted by molar-refractivity contribution is 0.332. The largest absolute Gasteiger partial charge is 0.0806 e. The average Bonchev–Trinajstić information content (AvgIpc) is 2.17. The lowest BCUT2D eigenvalue weighted by Gasteiger charge is -2.30. The summed E-state index contributed by atoms with van der Waals surface area (Å²) < 4.78 is 0. The molecule has 1 saturated carbocycles. The molecule has 0 amide bonds. The maximum Gasteiger partial charge on any atom is -0.0165 e. The SMILES string of the molecule is CCC1=CC2CCCCC2C=C1. The van der Waals surface area contributed by atoms with Crippen LogP contribution in [-0.2, 0) is 0 Å². The Bertz CT molecular complexity index is 210. The second-order valence-electron chi connectivity index (χ2n) is 4.07. The molecule has 0 aromatic rings. The molecule has 0 saturated heterocycles. The van der Waals surface area contributed by atoms with Crippen molar-refractivity contribution in [2.24, 2.45) is 11.8 Å². The molecule has 0 N–H and O–H groups in total. The molecule has 12 heavy (non-hydrogen) atoms. The highest BCUT2D eigenvalue weighted by atomic mass is 14.3. The summed E-state index contributed by atoms with van der Waals surface area (Å²) in [7, 11) is 0. The molecule has 0 heterocycles. The molecule has 2 aliphatic rings. The zero-order valence-electron chi connectivity index (χ0n) is 7.92. The van der Waals surface area contributed by atoms with Gasteiger partial charge in [0.15, 0.2) is 0 Å². The zero-order chi connectivity index (χ0) is 8.39. The van der Waals surface area contributed by atoms with Crippen LogP contribution in [-0.4, -0.2) is 0 Å². The van der Waals surface area contributed by atoms with Crippen molar-refractivity contribution in [3.63, 3.8) is 0 Å². The second-order valence-corrected chi connectivity index (χ2v) is 4.07. The van der Waals surface area contributed by atoms with E-state index in [-0.39, 0.29) is 0 Å². The van der Waals surface area contributed by atoms with E-state index in [1.807, 2.05) is 0 Å².